The van der Waals surface area contributed by atoms with Crippen molar-refractivity contribution < 1.29 is 4.74 Å². The summed E-state index contributed by atoms with van der Waals surface area (Å²) in [7, 11) is 0. The van der Waals surface area contributed by atoms with Crippen LogP contribution in [-0.2, 0) is 18.9 Å². The van der Waals surface area contributed by atoms with Crippen molar-refractivity contribution in [2.45, 2.75) is 31.0 Å². The summed E-state index contributed by atoms with van der Waals surface area (Å²) in [4.78, 5) is 4.51. The molecule has 7 heteroatoms. The van der Waals surface area contributed by atoms with Gasteiger partial charge in [0, 0.05) is 28.9 Å². The van der Waals surface area contributed by atoms with Crippen molar-refractivity contribution >= 4 is 34.3 Å². The molecule has 4 rings (SSSR count). The minimum Gasteiger partial charge on any atom is -0.486 e. The number of ether oxygens (including phenoxy) is 1. The number of thioether (sulfide) groups is 1. The van der Waals surface area contributed by atoms with E-state index in [0.717, 1.165) is 38.8 Å². The van der Waals surface area contributed by atoms with Gasteiger partial charge >= 0.3 is 0 Å². The molecule has 0 bridgehead atoms. The number of allylic oxidation sites excluding steroid dienone is 1. The number of rotatable bonds is 8. The Kier molecular flexibility index (Phi) is 6.35. The third-order valence-corrected chi connectivity index (χ3v) is 5.96. The van der Waals surface area contributed by atoms with Crippen molar-refractivity contribution in [1.29, 1.82) is 0 Å². The fourth-order valence-corrected chi connectivity index (χ4v) is 4.32. The van der Waals surface area contributed by atoms with E-state index in [4.69, 9.17) is 16.3 Å². The number of aromatic nitrogens is 4. The molecule has 0 saturated carbocycles. The van der Waals surface area contributed by atoms with Gasteiger partial charge in [-0.25, -0.2) is 0 Å². The third kappa shape index (κ3) is 4.50. The lowest BCUT2D eigenvalue weighted by Crippen LogP contribution is -2.07. The van der Waals surface area contributed by atoms with Gasteiger partial charge in [0.25, 0.3) is 0 Å². The van der Waals surface area contributed by atoms with Crippen molar-refractivity contribution in [2.75, 3.05) is 0 Å². The van der Waals surface area contributed by atoms with Crippen LogP contribution in [0.25, 0.3) is 10.9 Å². The van der Waals surface area contributed by atoms with Crippen LogP contribution in [-0.4, -0.2) is 19.7 Å². The maximum Gasteiger partial charge on any atom is 0.191 e. The third-order valence-electron chi connectivity index (χ3n) is 4.62. The Bertz CT molecular complexity index is 1190. The van der Waals surface area contributed by atoms with Crippen LogP contribution >= 0.6 is 23.4 Å². The van der Waals surface area contributed by atoms with E-state index in [-0.39, 0.29) is 0 Å². The van der Waals surface area contributed by atoms with E-state index < -0.39 is 0 Å². The predicted octanol–water partition coefficient (Wildman–Crippen LogP) is 5.85. The summed E-state index contributed by atoms with van der Waals surface area (Å²) < 4.78 is 7.94. The molecule has 0 amide bonds. The van der Waals surface area contributed by atoms with Crippen molar-refractivity contribution in [2.24, 2.45) is 0 Å². The van der Waals surface area contributed by atoms with Crippen LogP contribution in [0.1, 0.15) is 17.0 Å². The topological polar surface area (TPSA) is 52.8 Å². The van der Waals surface area contributed by atoms with Crippen LogP contribution in [0.4, 0.5) is 0 Å². The van der Waals surface area contributed by atoms with Gasteiger partial charge in [-0.3, -0.25) is 9.55 Å². The van der Waals surface area contributed by atoms with Gasteiger partial charge in [0.15, 0.2) is 11.0 Å². The Morgan fingerprint density at radius 1 is 1.17 bits per heavy atom. The summed E-state index contributed by atoms with van der Waals surface area (Å²) in [6.45, 7) is 6.86. The molecule has 4 aromatic rings. The molecular formula is C23H21ClN4OS. The fourth-order valence-electron chi connectivity index (χ4n) is 3.15. The summed E-state index contributed by atoms with van der Waals surface area (Å²) in [5.74, 6) is 2.28. The highest BCUT2D eigenvalue weighted by molar-refractivity contribution is 7.98. The van der Waals surface area contributed by atoms with E-state index in [0.29, 0.717) is 23.9 Å². The SMILES string of the molecule is C=CCn1c(COc2cccc(C)c2)nnc1SCc1ccc(Cl)c2cccnc12. The Morgan fingerprint density at radius 2 is 2.07 bits per heavy atom. The maximum atomic E-state index is 6.31. The Labute approximate surface area is 184 Å². The first-order chi connectivity index (χ1) is 14.7. The normalized spacial score (nSPS) is 11.0. The van der Waals surface area contributed by atoms with E-state index in [9.17, 15) is 0 Å². The number of hydrogen-bond acceptors (Lipinski definition) is 5. The van der Waals surface area contributed by atoms with Crippen LogP contribution in [0.3, 0.4) is 0 Å². The zero-order valence-corrected chi connectivity index (χ0v) is 18.2. The molecule has 0 aliphatic carbocycles. The second kappa shape index (κ2) is 9.32. The van der Waals surface area contributed by atoms with Crippen molar-refractivity contribution in [3.8, 4) is 5.75 Å². The molecule has 0 saturated heterocycles. The molecule has 0 spiro atoms. The number of hydrogen-bond donors (Lipinski definition) is 0. The van der Waals surface area contributed by atoms with Gasteiger partial charge in [0.2, 0.25) is 0 Å². The quantitative estimate of drug-likeness (QED) is 0.256. The van der Waals surface area contributed by atoms with Gasteiger partial charge in [-0.15, -0.1) is 16.8 Å². The average Bonchev–Trinajstić information content (AvgIpc) is 3.14. The fraction of sp³-hybridized carbons (Fsp3) is 0.174. The lowest BCUT2D eigenvalue weighted by molar-refractivity contribution is 0.289. The zero-order chi connectivity index (χ0) is 20.9. The molecule has 0 aliphatic rings. The number of benzene rings is 2. The average molecular weight is 437 g/mol. The highest BCUT2D eigenvalue weighted by Crippen LogP contribution is 2.29. The molecule has 2 aromatic carbocycles. The van der Waals surface area contributed by atoms with Gasteiger partial charge in [-0.2, -0.15) is 0 Å². The number of nitrogens with zero attached hydrogens (tertiary/aromatic N) is 4. The minimum absolute atomic E-state index is 0.344. The second-order valence-electron chi connectivity index (χ2n) is 6.80. The van der Waals surface area contributed by atoms with Crippen molar-refractivity contribution in [3.63, 3.8) is 0 Å². The van der Waals surface area contributed by atoms with Crippen LogP contribution < -0.4 is 4.74 Å². The Balaban J connectivity index is 1.52. The van der Waals surface area contributed by atoms with Gasteiger partial charge in [0.1, 0.15) is 12.4 Å². The lowest BCUT2D eigenvalue weighted by Gasteiger charge is -2.10. The molecular weight excluding hydrogens is 416 g/mol. The highest BCUT2D eigenvalue weighted by atomic mass is 35.5. The van der Waals surface area contributed by atoms with Gasteiger partial charge in [-0.05, 0) is 48.4 Å². The van der Waals surface area contributed by atoms with E-state index in [1.165, 1.54) is 0 Å². The summed E-state index contributed by atoms with van der Waals surface area (Å²) in [5, 5.41) is 11.2. The van der Waals surface area contributed by atoms with E-state index in [2.05, 4.69) is 21.8 Å². The Hall–Kier alpha value is -2.83. The molecule has 0 fully saturated rings. The van der Waals surface area contributed by atoms with Gasteiger partial charge < -0.3 is 4.74 Å². The maximum absolute atomic E-state index is 6.31. The van der Waals surface area contributed by atoms with Crippen LogP contribution in [0.2, 0.25) is 5.02 Å². The van der Waals surface area contributed by atoms with Gasteiger partial charge in [-0.1, -0.05) is 47.6 Å². The lowest BCUT2D eigenvalue weighted by atomic mass is 10.1. The van der Waals surface area contributed by atoms with Crippen LogP contribution in [0.5, 0.6) is 5.75 Å². The first-order valence-electron chi connectivity index (χ1n) is 9.53. The summed E-state index contributed by atoms with van der Waals surface area (Å²) in [6.07, 6.45) is 3.62. The van der Waals surface area contributed by atoms with Crippen molar-refractivity contribution in [3.05, 3.63) is 89.4 Å². The molecule has 152 valence electrons. The standard InChI is InChI=1S/C23H21ClN4OS/c1-3-12-28-21(14-29-18-7-4-6-16(2)13-18)26-27-23(28)30-15-17-9-10-20(24)19-8-5-11-25-22(17)19/h3-11,13H,1,12,14-15H2,2H3. The predicted molar refractivity (Wildman–Crippen MR) is 122 cm³/mol. The van der Waals surface area contributed by atoms with Gasteiger partial charge in [0.05, 0.1) is 5.52 Å². The zero-order valence-electron chi connectivity index (χ0n) is 16.6. The smallest absolute Gasteiger partial charge is 0.191 e. The summed E-state index contributed by atoms with van der Waals surface area (Å²) >= 11 is 7.92. The highest BCUT2D eigenvalue weighted by Gasteiger charge is 2.14. The molecule has 0 aliphatic heterocycles. The number of pyridine rings is 1. The molecule has 0 unspecified atom stereocenters. The number of aryl methyl sites for hydroxylation is 1. The molecule has 2 heterocycles. The van der Waals surface area contributed by atoms with Crippen molar-refractivity contribution in [1.82, 2.24) is 19.7 Å². The van der Waals surface area contributed by atoms with E-state index in [1.54, 1.807) is 18.0 Å². The minimum atomic E-state index is 0.344. The summed E-state index contributed by atoms with van der Waals surface area (Å²) in [5.41, 5.74) is 3.17. The van der Waals surface area contributed by atoms with Crippen LogP contribution in [0.15, 0.2) is 72.5 Å². The number of halogens is 1. The summed E-state index contributed by atoms with van der Waals surface area (Å²) in [6, 6.07) is 15.8. The second-order valence-corrected chi connectivity index (χ2v) is 8.15. The van der Waals surface area contributed by atoms with Crippen LogP contribution in [0, 0.1) is 6.92 Å². The largest absolute Gasteiger partial charge is 0.486 e. The molecule has 2 aromatic heterocycles. The number of fused-ring (bicyclic) bond motifs is 1. The molecule has 0 N–H and O–H groups in total. The molecule has 30 heavy (non-hydrogen) atoms. The Morgan fingerprint density at radius 3 is 2.90 bits per heavy atom. The monoisotopic (exact) mass is 436 g/mol. The van der Waals surface area contributed by atoms with E-state index in [1.807, 2.05) is 66.1 Å². The molecule has 0 atom stereocenters. The first-order valence-corrected chi connectivity index (χ1v) is 10.9. The molecule has 0 radical (unpaired) electrons. The van der Waals surface area contributed by atoms with E-state index >= 15 is 0 Å². The molecule has 5 nitrogen and oxygen atoms in total. The first kappa shape index (κ1) is 20.4.